The number of halogens is 3. The van der Waals surface area contributed by atoms with Gasteiger partial charge in [0.2, 0.25) is 0 Å². The predicted molar refractivity (Wildman–Crippen MR) is 88.3 cm³/mol. The molecule has 1 saturated carbocycles. The molecule has 5 nitrogen and oxygen atoms in total. The molecule has 0 aromatic heterocycles. The number of hydrogen-bond acceptors (Lipinski definition) is 4. The smallest absolute Gasteiger partial charge is 0.382 e. The zero-order chi connectivity index (χ0) is 18.6. The van der Waals surface area contributed by atoms with Gasteiger partial charge in [-0.2, -0.15) is 13.2 Å². The van der Waals surface area contributed by atoms with Crippen LogP contribution in [0, 0.1) is 5.92 Å². The van der Waals surface area contributed by atoms with Crippen LogP contribution in [0.1, 0.15) is 44.1 Å². The van der Waals surface area contributed by atoms with E-state index in [0.717, 1.165) is 43.9 Å². The Labute approximate surface area is 144 Å². The van der Waals surface area contributed by atoms with Crippen molar-refractivity contribution >= 4 is 11.6 Å². The van der Waals surface area contributed by atoms with Gasteiger partial charge in [0.15, 0.2) is 0 Å². The standard InChI is InChI=1S/C17H24F3N3O2/c18-17(19,20)12-7-4-8-13(10-12)23(22)16(25)15(24)14(21)9-11-5-2-1-3-6-11/h4,7-8,10-11,14-15,24H,1-3,5-6,9,21-22H2/t14-,15?/m1/s1. The van der Waals surface area contributed by atoms with Crippen molar-refractivity contribution in [2.45, 2.75) is 56.8 Å². The lowest BCUT2D eigenvalue weighted by atomic mass is 9.84. The molecule has 8 heteroatoms. The topological polar surface area (TPSA) is 92.6 Å². The molecule has 1 aromatic rings. The molecule has 0 bridgehead atoms. The van der Waals surface area contributed by atoms with Gasteiger partial charge < -0.3 is 10.8 Å². The third-order valence-electron chi connectivity index (χ3n) is 4.68. The van der Waals surface area contributed by atoms with Crippen LogP contribution in [0.3, 0.4) is 0 Å². The third-order valence-corrected chi connectivity index (χ3v) is 4.68. The Kier molecular flexibility index (Phi) is 6.42. The summed E-state index contributed by atoms with van der Waals surface area (Å²) in [6, 6.07) is 3.27. The summed E-state index contributed by atoms with van der Waals surface area (Å²) in [4.78, 5) is 12.3. The van der Waals surface area contributed by atoms with E-state index in [-0.39, 0.29) is 5.69 Å². The van der Waals surface area contributed by atoms with E-state index in [1.807, 2.05) is 0 Å². The van der Waals surface area contributed by atoms with Gasteiger partial charge in [-0.1, -0.05) is 38.2 Å². The van der Waals surface area contributed by atoms with Gasteiger partial charge in [-0.3, -0.25) is 4.79 Å². The van der Waals surface area contributed by atoms with Crippen molar-refractivity contribution in [3.05, 3.63) is 29.8 Å². The molecule has 140 valence electrons. The summed E-state index contributed by atoms with van der Waals surface area (Å²) < 4.78 is 38.3. The molecule has 25 heavy (non-hydrogen) atoms. The minimum Gasteiger partial charge on any atom is -0.382 e. The van der Waals surface area contributed by atoms with Crippen molar-refractivity contribution in [1.29, 1.82) is 0 Å². The van der Waals surface area contributed by atoms with Gasteiger partial charge in [-0.05, 0) is 30.5 Å². The van der Waals surface area contributed by atoms with Crippen LogP contribution in [0.15, 0.2) is 24.3 Å². The third kappa shape index (κ3) is 5.17. The fourth-order valence-corrected chi connectivity index (χ4v) is 3.22. The van der Waals surface area contributed by atoms with Gasteiger partial charge in [0, 0.05) is 6.04 Å². The second-order valence-electron chi connectivity index (χ2n) is 6.60. The molecular weight excluding hydrogens is 335 g/mol. The number of alkyl halides is 3. The minimum atomic E-state index is -4.55. The second kappa shape index (κ2) is 8.16. The Morgan fingerprint density at radius 1 is 1.28 bits per heavy atom. The van der Waals surface area contributed by atoms with Crippen LogP contribution in [-0.2, 0) is 11.0 Å². The van der Waals surface area contributed by atoms with Gasteiger partial charge in [-0.25, -0.2) is 10.9 Å². The highest BCUT2D eigenvalue weighted by atomic mass is 19.4. The lowest BCUT2D eigenvalue weighted by Crippen LogP contribution is -2.51. The molecule has 1 fully saturated rings. The number of carbonyl (C=O) groups excluding carboxylic acids is 1. The number of aliphatic hydroxyl groups excluding tert-OH is 1. The number of nitrogens with two attached hydrogens (primary N) is 2. The van der Waals surface area contributed by atoms with Gasteiger partial charge in [0.1, 0.15) is 6.10 Å². The number of aliphatic hydroxyl groups is 1. The maximum Gasteiger partial charge on any atom is 0.416 e. The number of benzene rings is 1. The van der Waals surface area contributed by atoms with E-state index >= 15 is 0 Å². The lowest BCUT2D eigenvalue weighted by molar-refractivity contribution is -0.137. The van der Waals surface area contributed by atoms with Crippen LogP contribution in [-0.4, -0.2) is 23.2 Å². The summed E-state index contributed by atoms with van der Waals surface area (Å²) in [5, 5.41) is 10.7. The molecule has 1 aliphatic rings. The first kappa shape index (κ1) is 19.7. The van der Waals surface area contributed by atoms with Gasteiger partial charge in [0.05, 0.1) is 11.3 Å². The highest BCUT2D eigenvalue weighted by Gasteiger charge is 2.33. The highest BCUT2D eigenvalue weighted by molar-refractivity contribution is 5.95. The zero-order valence-electron chi connectivity index (χ0n) is 13.9. The molecule has 2 rings (SSSR count). The van der Waals surface area contributed by atoms with E-state index in [2.05, 4.69) is 0 Å². The monoisotopic (exact) mass is 359 g/mol. The largest absolute Gasteiger partial charge is 0.416 e. The number of amides is 1. The van der Waals surface area contributed by atoms with Crippen molar-refractivity contribution in [3.63, 3.8) is 0 Å². The molecule has 0 radical (unpaired) electrons. The number of hydrogen-bond donors (Lipinski definition) is 3. The number of rotatable bonds is 5. The van der Waals surface area contributed by atoms with Gasteiger partial charge >= 0.3 is 6.18 Å². The van der Waals surface area contributed by atoms with Crippen molar-refractivity contribution < 1.29 is 23.1 Å². The number of nitrogens with zero attached hydrogens (tertiary/aromatic N) is 1. The molecular formula is C17H24F3N3O2. The molecule has 5 N–H and O–H groups in total. The Morgan fingerprint density at radius 2 is 1.92 bits per heavy atom. The predicted octanol–water partition coefficient (Wildman–Crippen LogP) is 2.57. The maximum absolute atomic E-state index is 12.8. The van der Waals surface area contributed by atoms with Crippen molar-refractivity contribution in [2.24, 2.45) is 17.5 Å². The molecule has 1 aromatic carbocycles. The summed E-state index contributed by atoms with van der Waals surface area (Å²) in [5.74, 6) is 5.06. The van der Waals surface area contributed by atoms with Gasteiger partial charge in [-0.15, -0.1) is 0 Å². The molecule has 1 amide bonds. The van der Waals surface area contributed by atoms with Crippen LogP contribution in [0.2, 0.25) is 0 Å². The normalized spacial score (nSPS) is 18.6. The summed E-state index contributed by atoms with van der Waals surface area (Å²) in [6.45, 7) is 0. The zero-order valence-corrected chi connectivity index (χ0v) is 13.9. The quantitative estimate of drug-likeness (QED) is 0.428. The molecule has 0 aliphatic heterocycles. The molecule has 0 heterocycles. The first-order valence-electron chi connectivity index (χ1n) is 8.39. The van der Waals surface area contributed by atoms with Gasteiger partial charge in [0.25, 0.3) is 5.91 Å². The first-order valence-corrected chi connectivity index (χ1v) is 8.39. The van der Waals surface area contributed by atoms with E-state index in [1.165, 1.54) is 12.5 Å². The Hall–Kier alpha value is -1.64. The average Bonchev–Trinajstić information content (AvgIpc) is 2.60. The van der Waals surface area contributed by atoms with Crippen LogP contribution < -0.4 is 16.6 Å². The van der Waals surface area contributed by atoms with Crippen LogP contribution in [0.5, 0.6) is 0 Å². The van der Waals surface area contributed by atoms with Crippen molar-refractivity contribution in [1.82, 2.24) is 0 Å². The fourth-order valence-electron chi connectivity index (χ4n) is 3.22. The van der Waals surface area contributed by atoms with Crippen molar-refractivity contribution in [3.8, 4) is 0 Å². The SMILES string of the molecule is N[C@H](CC1CCCCC1)C(O)C(=O)N(N)c1cccc(C(F)(F)F)c1. The second-order valence-corrected chi connectivity index (χ2v) is 6.60. The summed E-state index contributed by atoms with van der Waals surface area (Å²) in [5.41, 5.74) is 4.86. The molecule has 0 saturated heterocycles. The number of carbonyl (C=O) groups is 1. The van der Waals surface area contributed by atoms with E-state index in [0.29, 0.717) is 17.3 Å². The van der Waals surface area contributed by atoms with E-state index in [1.54, 1.807) is 0 Å². The number of anilines is 1. The summed E-state index contributed by atoms with van der Waals surface area (Å²) in [7, 11) is 0. The highest BCUT2D eigenvalue weighted by Crippen LogP contribution is 2.31. The van der Waals surface area contributed by atoms with E-state index < -0.39 is 29.8 Å². The fraction of sp³-hybridized carbons (Fsp3) is 0.588. The summed E-state index contributed by atoms with van der Waals surface area (Å²) in [6.07, 6.45) is -0.202. The molecule has 1 unspecified atom stereocenters. The molecule has 1 aliphatic carbocycles. The van der Waals surface area contributed by atoms with Crippen LogP contribution in [0.4, 0.5) is 18.9 Å². The Bertz CT molecular complexity index is 589. The molecule has 2 atom stereocenters. The summed E-state index contributed by atoms with van der Waals surface area (Å²) >= 11 is 0. The van der Waals surface area contributed by atoms with Crippen LogP contribution >= 0.6 is 0 Å². The minimum absolute atomic E-state index is 0.149. The Balaban J connectivity index is 2.02. The lowest BCUT2D eigenvalue weighted by Gasteiger charge is -2.28. The average molecular weight is 359 g/mol. The maximum atomic E-state index is 12.8. The van der Waals surface area contributed by atoms with E-state index in [9.17, 15) is 23.1 Å². The first-order chi connectivity index (χ1) is 11.7. The number of hydrazine groups is 1. The van der Waals surface area contributed by atoms with Crippen LogP contribution in [0.25, 0.3) is 0 Å². The van der Waals surface area contributed by atoms with Crippen molar-refractivity contribution in [2.75, 3.05) is 5.01 Å². The molecule has 0 spiro atoms. The van der Waals surface area contributed by atoms with E-state index in [4.69, 9.17) is 11.6 Å². The Morgan fingerprint density at radius 3 is 2.52 bits per heavy atom.